The van der Waals surface area contributed by atoms with Crippen LogP contribution in [0.5, 0.6) is 0 Å². The SMILES string of the molecule is CC(=O)c1c(SCc2cccc(SF)c2)[nH]c2c(c1=O)=C(Cl)CCC=2Br. The summed E-state index contributed by atoms with van der Waals surface area (Å²) >= 11 is 11.3. The summed E-state index contributed by atoms with van der Waals surface area (Å²) in [4.78, 5) is 28.7. The van der Waals surface area contributed by atoms with E-state index in [1.165, 1.54) is 18.7 Å². The van der Waals surface area contributed by atoms with Gasteiger partial charge in [-0.15, -0.1) is 11.8 Å². The number of thioether (sulfide) groups is 1. The number of aromatic amines is 1. The van der Waals surface area contributed by atoms with Gasteiger partial charge in [-0.1, -0.05) is 39.7 Å². The molecular formula is C18H14BrClFNO2S2. The highest BCUT2D eigenvalue weighted by molar-refractivity contribution is 9.14. The van der Waals surface area contributed by atoms with Gasteiger partial charge in [0, 0.05) is 20.2 Å². The number of ketones is 1. The molecule has 0 radical (unpaired) electrons. The molecule has 2 aromatic rings. The van der Waals surface area contributed by atoms with Crippen LogP contribution >= 0.6 is 51.4 Å². The zero-order chi connectivity index (χ0) is 18.8. The summed E-state index contributed by atoms with van der Waals surface area (Å²) in [7, 11) is 0. The van der Waals surface area contributed by atoms with E-state index in [2.05, 4.69) is 20.9 Å². The molecule has 0 spiro atoms. The van der Waals surface area contributed by atoms with Crippen LogP contribution in [0.25, 0.3) is 9.51 Å². The number of hydrogen-bond donors (Lipinski definition) is 1. The maximum absolute atomic E-state index is 12.9. The first-order chi connectivity index (χ1) is 12.4. The van der Waals surface area contributed by atoms with E-state index in [-0.39, 0.29) is 28.9 Å². The van der Waals surface area contributed by atoms with Crippen LogP contribution in [-0.4, -0.2) is 10.8 Å². The molecule has 0 atom stereocenters. The first kappa shape index (κ1) is 19.7. The Labute approximate surface area is 171 Å². The van der Waals surface area contributed by atoms with Crippen molar-refractivity contribution < 1.29 is 8.68 Å². The van der Waals surface area contributed by atoms with Gasteiger partial charge in [0.2, 0.25) is 5.43 Å². The minimum atomic E-state index is -0.344. The summed E-state index contributed by atoms with van der Waals surface area (Å²) in [5.41, 5.74) is 0.673. The molecule has 0 unspecified atom stereocenters. The molecule has 26 heavy (non-hydrogen) atoms. The highest BCUT2D eigenvalue weighted by Gasteiger charge is 2.19. The molecule has 0 bridgehead atoms. The monoisotopic (exact) mass is 473 g/mol. The number of hydrogen-bond acceptors (Lipinski definition) is 4. The average molecular weight is 475 g/mol. The van der Waals surface area contributed by atoms with Crippen LogP contribution in [0.1, 0.15) is 35.7 Å². The molecule has 0 saturated carbocycles. The molecule has 136 valence electrons. The fraction of sp³-hybridized carbons (Fsp3) is 0.222. The molecular weight excluding hydrogens is 461 g/mol. The van der Waals surface area contributed by atoms with Crippen LogP contribution in [0.3, 0.4) is 0 Å². The molecule has 0 amide bonds. The van der Waals surface area contributed by atoms with Crippen molar-refractivity contribution in [3.63, 3.8) is 0 Å². The Morgan fingerprint density at radius 1 is 1.38 bits per heavy atom. The lowest BCUT2D eigenvalue weighted by Crippen LogP contribution is -2.47. The summed E-state index contributed by atoms with van der Waals surface area (Å²) < 4.78 is 13.6. The van der Waals surface area contributed by atoms with Crippen LogP contribution in [0.2, 0.25) is 0 Å². The summed E-state index contributed by atoms with van der Waals surface area (Å²) in [6.07, 6.45) is 1.26. The Morgan fingerprint density at radius 3 is 2.85 bits per heavy atom. The Hall–Kier alpha value is -1.02. The van der Waals surface area contributed by atoms with Gasteiger partial charge in [-0.3, -0.25) is 9.59 Å². The number of rotatable bonds is 5. The third kappa shape index (κ3) is 3.96. The zero-order valence-electron chi connectivity index (χ0n) is 13.7. The Kier molecular flexibility index (Phi) is 6.33. The number of carbonyl (C=O) groups is 1. The topological polar surface area (TPSA) is 49.9 Å². The summed E-state index contributed by atoms with van der Waals surface area (Å²) in [5, 5.41) is 1.97. The second kappa shape index (κ2) is 8.33. The van der Waals surface area contributed by atoms with Gasteiger partial charge in [-0.05, 0) is 37.5 Å². The van der Waals surface area contributed by atoms with Crippen molar-refractivity contribution in [1.29, 1.82) is 0 Å². The second-order valence-electron chi connectivity index (χ2n) is 5.79. The Balaban J connectivity index is 2.10. The van der Waals surface area contributed by atoms with Crippen molar-refractivity contribution in [2.75, 3.05) is 0 Å². The summed E-state index contributed by atoms with van der Waals surface area (Å²) in [6, 6.07) is 7.08. The van der Waals surface area contributed by atoms with Gasteiger partial charge in [0.1, 0.15) is 0 Å². The summed E-state index contributed by atoms with van der Waals surface area (Å²) in [6.45, 7) is 1.37. The first-order valence-electron chi connectivity index (χ1n) is 7.77. The van der Waals surface area contributed by atoms with Gasteiger partial charge in [0.05, 0.1) is 33.3 Å². The predicted molar refractivity (Wildman–Crippen MR) is 110 cm³/mol. The van der Waals surface area contributed by atoms with E-state index in [9.17, 15) is 13.5 Å². The van der Waals surface area contributed by atoms with Gasteiger partial charge in [-0.2, -0.15) is 3.89 Å². The van der Waals surface area contributed by atoms with E-state index in [0.717, 1.165) is 10.0 Å². The Bertz CT molecular complexity index is 1070. The number of pyridine rings is 1. The molecule has 8 heteroatoms. The summed E-state index contributed by atoms with van der Waals surface area (Å²) in [5.74, 6) is 0.189. The molecule has 0 fully saturated rings. The number of aromatic nitrogens is 1. The predicted octanol–water partition coefficient (Wildman–Crippen LogP) is 4.49. The maximum Gasteiger partial charge on any atom is 0.202 e. The number of fused-ring (bicyclic) bond motifs is 1. The number of H-pyrrole nitrogens is 1. The van der Waals surface area contributed by atoms with E-state index in [4.69, 9.17) is 11.6 Å². The largest absolute Gasteiger partial charge is 0.348 e. The lowest BCUT2D eigenvalue weighted by Gasteiger charge is -2.13. The third-order valence-corrected chi connectivity index (χ3v) is 6.67. The van der Waals surface area contributed by atoms with Gasteiger partial charge >= 0.3 is 0 Å². The molecule has 3 nitrogen and oxygen atoms in total. The highest BCUT2D eigenvalue weighted by atomic mass is 79.9. The van der Waals surface area contributed by atoms with E-state index in [0.29, 0.717) is 44.1 Å². The van der Waals surface area contributed by atoms with Crippen molar-refractivity contribution in [1.82, 2.24) is 4.98 Å². The average Bonchev–Trinajstić information content (AvgIpc) is 2.62. The standard InChI is InChI=1S/C18H14BrClFNO2S2/c1-9(23)14-17(24)15-13(20)6-5-12(19)16(15)22-18(14)25-8-10-3-2-4-11(7-10)26-21/h2-4,7,22H,5-6,8H2,1H3. The number of Topliss-reactive ketones (excluding diaryl/α,β-unsaturated/α-hetero) is 1. The van der Waals surface area contributed by atoms with Crippen molar-refractivity contribution in [2.24, 2.45) is 0 Å². The zero-order valence-corrected chi connectivity index (χ0v) is 17.7. The van der Waals surface area contributed by atoms with Crippen LogP contribution in [-0.2, 0) is 5.75 Å². The quantitative estimate of drug-likeness (QED) is 0.512. The first-order valence-corrected chi connectivity index (χ1v) is 10.6. The number of benzene rings is 1. The smallest absolute Gasteiger partial charge is 0.202 e. The molecule has 0 saturated heterocycles. The van der Waals surface area contributed by atoms with Crippen molar-refractivity contribution in [3.05, 3.63) is 56.2 Å². The fourth-order valence-electron chi connectivity index (χ4n) is 2.78. The highest BCUT2D eigenvalue weighted by Crippen LogP contribution is 2.27. The van der Waals surface area contributed by atoms with E-state index < -0.39 is 0 Å². The molecule has 3 rings (SSSR count). The molecule has 1 aliphatic rings. The van der Waals surface area contributed by atoms with Crippen LogP contribution in [0.15, 0.2) is 39.0 Å². The molecule has 1 heterocycles. The molecule has 1 aromatic carbocycles. The minimum Gasteiger partial charge on any atom is -0.348 e. The van der Waals surface area contributed by atoms with Crippen LogP contribution < -0.4 is 16.0 Å². The van der Waals surface area contributed by atoms with Gasteiger partial charge in [-0.25, -0.2) is 0 Å². The second-order valence-corrected chi connectivity index (χ2v) is 8.81. The third-order valence-electron chi connectivity index (χ3n) is 4.00. The number of carbonyl (C=O) groups excluding carboxylic acids is 1. The van der Waals surface area contributed by atoms with Crippen LogP contribution in [0, 0.1) is 0 Å². The normalized spacial score (nSPS) is 13.7. The van der Waals surface area contributed by atoms with Gasteiger partial charge in [0.15, 0.2) is 5.78 Å². The Morgan fingerprint density at radius 2 is 2.15 bits per heavy atom. The lowest BCUT2D eigenvalue weighted by atomic mass is 10.1. The van der Waals surface area contributed by atoms with Crippen molar-refractivity contribution >= 4 is 66.7 Å². The fourth-order valence-corrected chi connectivity index (χ4v) is 4.92. The lowest BCUT2D eigenvalue weighted by molar-refractivity contribution is 0.101. The van der Waals surface area contributed by atoms with E-state index >= 15 is 0 Å². The van der Waals surface area contributed by atoms with Gasteiger partial charge < -0.3 is 4.98 Å². The van der Waals surface area contributed by atoms with Gasteiger partial charge in [0.25, 0.3) is 0 Å². The molecule has 1 aliphatic carbocycles. The number of halogens is 3. The molecule has 0 aliphatic heterocycles. The molecule has 1 N–H and O–H groups in total. The van der Waals surface area contributed by atoms with E-state index in [1.54, 1.807) is 18.2 Å². The molecule has 1 aromatic heterocycles. The van der Waals surface area contributed by atoms with Crippen molar-refractivity contribution in [3.8, 4) is 0 Å². The number of nitrogens with one attached hydrogen (secondary N) is 1. The van der Waals surface area contributed by atoms with Crippen molar-refractivity contribution in [2.45, 2.75) is 35.4 Å². The minimum absolute atomic E-state index is 0.116. The maximum atomic E-state index is 12.9. The van der Waals surface area contributed by atoms with E-state index in [1.807, 2.05) is 6.07 Å². The van der Waals surface area contributed by atoms with Crippen LogP contribution in [0.4, 0.5) is 3.89 Å².